The molecule has 0 saturated carbocycles. The zero-order chi connectivity index (χ0) is 11.5. The number of carboxylic acids is 1. The molecule has 0 saturated heterocycles. The molecule has 0 amide bonds. The minimum atomic E-state index is -3.81. The number of hydrogen-bond acceptors (Lipinski definition) is 4. The Morgan fingerprint density at radius 3 is 2.00 bits per heavy atom. The molecule has 0 fully saturated rings. The number of carboxylic acid groups (broad SMARTS) is 1. The Bertz CT molecular complexity index is 299. The summed E-state index contributed by atoms with van der Waals surface area (Å²) in [5, 5.41) is 17.3. The second kappa shape index (κ2) is 4.69. The summed E-state index contributed by atoms with van der Waals surface area (Å²) in [6, 6.07) is -1.46. The van der Waals surface area contributed by atoms with Gasteiger partial charge in [-0.2, -0.15) is 17.0 Å². The summed E-state index contributed by atoms with van der Waals surface area (Å²) < 4.78 is 24.3. The topological polar surface area (TPSA) is 98.2 Å². The molecule has 0 aliphatic rings. The van der Waals surface area contributed by atoms with Gasteiger partial charge < -0.3 is 10.2 Å². The molecule has 0 heterocycles. The molecule has 0 aliphatic heterocycles. The molecule has 7 nitrogen and oxygen atoms in total. The summed E-state index contributed by atoms with van der Waals surface area (Å²) in [6.45, 7) is -0.765. The molecule has 0 spiro atoms. The van der Waals surface area contributed by atoms with E-state index < -0.39 is 28.8 Å². The molecule has 14 heavy (non-hydrogen) atoms. The quantitative estimate of drug-likeness (QED) is 0.574. The molecule has 8 heteroatoms. The zero-order valence-electron chi connectivity index (χ0n) is 8.21. The zero-order valence-corrected chi connectivity index (χ0v) is 9.02. The molecule has 0 aromatic rings. The van der Waals surface area contributed by atoms with E-state index >= 15 is 0 Å². The van der Waals surface area contributed by atoms with E-state index in [0.717, 1.165) is 11.4 Å². The summed E-state index contributed by atoms with van der Waals surface area (Å²) in [7, 11) is -0.146. The average molecular weight is 226 g/mol. The van der Waals surface area contributed by atoms with Gasteiger partial charge in [0.25, 0.3) is 10.2 Å². The van der Waals surface area contributed by atoms with Crippen molar-refractivity contribution in [2.24, 2.45) is 0 Å². The van der Waals surface area contributed by atoms with Crippen molar-refractivity contribution in [3.05, 3.63) is 0 Å². The van der Waals surface area contributed by atoms with Gasteiger partial charge in [-0.25, -0.2) is 0 Å². The van der Waals surface area contributed by atoms with E-state index in [1.807, 2.05) is 0 Å². The lowest BCUT2D eigenvalue weighted by molar-refractivity contribution is -0.142. The minimum absolute atomic E-state index is 0.606. The van der Waals surface area contributed by atoms with Crippen LogP contribution in [-0.4, -0.2) is 67.0 Å². The summed E-state index contributed by atoms with van der Waals surface area (Å²) in [4.78, 5) is 10.6. The van der Waals surface area contributed by atoms with Crippen LogP contribution in [0.25, 0.3) is 0 Å². The Labute approximate surface area is 82.7 Å². The first-order valence-corrected chi connectivity index (χ1v) is 5.14. The number of aliphatic carboxylic acids is 1. The van der Waals surface area contributed by atoms with E-state index in [-0.39, 0.29) is 0 Å². The molecule has 0 aliphatic carbocycles. The van der Waals surface area contributed by atoms with Crippen LogP contribution in [0.4, 0.5) is 0 Å². The summed E-state index contributed by atoms with van der Waals surface area (Å²) in [5.41, 5.74) is 0. The van der Waals surface area contributed by atoms with Crippen LogP contribution in [0.15, 0.2) is 0 Å². The summed E-state index contributed by atoms with van der Waals surface area (Å²) >= 11 is 0. The highest BCUT2D eigenvalue weighted by atomic mass is 32.2. The van der Waals surface area contributed by atoms with Gasteiger partial charge in [-0.05, 0) is 0 Å². The van der Waals surface area contributed by atoms with Crippen molar-refractivity contribution in [1.29, 1.82) is 0 Å². The van der Waals surface area contributed by atoms with Crippen molar-refractivity contribution in [3.8, 4) is 0 Å². The third-order valence-electron chi connectivity index (χ3n) is 1.72. The van der Waals surface area contributed by atoms with Crippen LogP contribution >= 0.6 is 0 Å². The van der Waals surface area contributed by atoms with Crippen molar-refractivity contribution in [1.82, 2.24) is 8.61 Å². The Balaban J connectivity index is 4.93. The number of nitrogens with zero attached hydrogens (tertiary/aromatic N) is 2. The van der Waals surface area contributed by atoms with Crippen LogP contribution in [0.2, 0.25) is 0 Å². The lowest BCUT2D eigenvalue weighted by Crippen LogP contribution is -2.48. The first-order chi connectivity index (χ1) is 6.25. The third kappa shape index (κ3) is 2.64. The van der Waals surface area contributed by atoms with Crippen LogP contribution in [0.3, 0.4) is 0 Å². The Morgan fingerprint density at radius 1 is 1.36 bits per heavy atom. The fourth-order valence-electron chi connectivity index (χ4n) is 0.767. The van der Waals surface area contributed by atoms with E-state index in [0.29, 0.717) is 4.31 Å². The highest BCUT2D eigenvalue weighted by molar-refractivity contribution is 7.86. The highest BCUT2D eigenvalue weighted by Gasteiger charge is 2.32. The van der Waals surface area contributed by atoms with E-state index in [9.17, 15) is 13.2 Å². The Hall–Kier alpha value is -0.700. The first-order valence-electron chi connectivity index (χ1n) is 3.74. The molecule has 84 valence electrons. The molecule has 1 atom stereocenters. The van der Waals surface area contributed by atoms with Crippen molar-refractivity contribution in [2.75, 3.05) is 27.7 Å². The van der Waals surface area contributed by atoms with Crippen LogP contribution < -0.4 is 0 Å². The van der Waals surface area contributed by atoms with Crippen LogP contribution in [0.5, 0.6) is 0 Å². The standard InChI is InChI=1S/C6H14N2O5S/c1-7(2)14(12,13)8(3)5(4-9)6(10)11/h5,9H,4H2,1-3H3,(H,10,11). The van der Waals surface area contributed by atoms with Gasteiger partial charge in [0, 0.05) is 21.1 Å². The van der Waals surface area contributed by atoms with Gasteiger partial charge in [0.1, 0.15) is 6.04 Å². The van der Waals surface area contributed by atoms with Crippen LogP contribution in [-0.2, 0) is 15.0 Å². The predicted molar refractivity (Wildman–Crippen MR) is 48.9 cm³/mol. The van der Waals surface area contributed by atoms with Crippen molar-refractivity contribution >= 4 is 16.2 Å². The number of aliphatic hydroxyl groups is 1. The second-order valence-corrected chi connectivity index (χ2v) is 5.04. The largest absolute Gasteiger partial charge is 0.480 e. The minimum Gasteiger partial charge on any atom is -0.480 e. The maximum absolute atomic E-state index is 11.4. The van der Waals surface area contributed by atoms with Gasteiger partial charge in [0.05, 0.1) is 6.61 Å². The molecule has 0 aromatic carbocycles. The lowest BCUT2D eigenvalue weighted by atomic mass is 10.3. The maximum atomic E-state index is 11.4. The molecular formula is C6H14N2O5S. The fourth-order valence-corrected chi connectivity index (χ4v) is 1.76. The summed E-state index contributed by atoms with van der Waals surface area (Å²) in [5.74, 6) is -1.39. The van der Waals surface area contributed by atoms with Crippen LogP contribution in [0.1, 0.15) is 0 Å². The summed E-state index contributed by atoms with van der Waals surface area (Å²) in [6.07, 6.45) is 0. The Morgan fingerprint density at radius 2 is 1.79 bits per heavy atom. The van der Waals surface area contributed by atoms with Gasteiger partial charge in [-0.3, -0.25) is 4.79 Å². The lowest BCUT2D eigenvalue weighted by Gasteiger charge is -2.25. The number of rotatable bonds is 5. The van der Waals surface area contributed by atoms with E-state index in [4.69, 9.17) is 10.2 Å². The van der Waals surface area contributed by atoms with E-state index in [1.165, 1.54) is 14.1 Å². The van der Waals surface area contributed by atoms with Gasteiger partial charge in [0.2, 0.25) is 0 Å². The van der Waals surface area contributed by atoms with Crippen molar-refractivity contribution < 1.29 is 23.4 Å². The van der Waals surface area contributed by atoms with Crippen molar-refractivity contribution in [2.45, 2.75) is 6.04 Å². The fraction of sp³-hybridized carbons (Fsp3) is 0.833. The smallest absolute Gasteiger partial charge is 0.324 e. The molecular weight excluding hydrogens is 212 g/mol. The number of aliphatic hydroxyl groups excluding tert-OH is 1. The predicted octanol–water partition coefficient (Wildman–Crippen LogP) is -1.83. The maximum Gasteiger partial charge on any atom is 0.324 e. The molecule has 0 aromatic heterocycles. The second-order valence-electron chi connectivity index (χ2n) is 2.84. The normalized spacial score (nSPS) is 14.7. The third-order valence-corrected chi connectivity index (χ3v) is 3.63. The van der Waals surface area contributed by atoms with E-state index in [2.05, 4.69) is 0 Å². The molecule has 0 bridgehead atoms. The van der Waals surface area contributed by atoms with E-state index in [1.54, 1.807) is 0 Å². The average Bonchev–Trinajstić information content (AvgIpc) is 2.04. The SMILES string of the molecule is CN(C)S(=O)(=O)N(C)C(CO)C(=O)O. The van der Waals surface area contributed by atoms with Crippen LogP contribution in [0, 0.1) is 0 Å². The van der Waals surface area contributed by atoms with Gasteiger partial charge >= 0.3 is 5.97 Å². The highest BCUT2D eigenvalue weighted by Crippen LogP contribution is 2.06. The van der Waals surface area contributed by atoms with Crippen molar-refractivity contribution in [3.63, 3.8) is 0 Å². The Kier molecular flexibility index (Phi) is 4.46. The van der Waals surface area contributed by atoms with Gasteiger partial charge in [0.15, 0.2) is 0 Å². The molecule has 2 N–H and O–H groups in total. The number of likely N-dealkylation sites (N-methyl/N-ethyl adjacent to an activating group) is 1. The molecule has 0 radical (unpaired) electrons. The first kappa shape index (κ1) is 13.3. The molecule has 0 rings (SSSR count). The monoisotopic (exact) mass is 226 g/mol. The van der Waals surface area contributed by atoms with Gasteiger partial charge in [-0.15, -0.1) is 0 Å². The van der Waals surface area contributed by atoms with Gasteiger partial charge in [-0.1, -0.05) is 0 Å². The number of hydrogen-bond donors (Lipinski definition) is 2. The number of carbonyl (C=O) groups is 1. The molecule has 1 unspecified atom stereocenters.